The number of ether oxygens (including phenoxy) is 1. The van der Waals surface area contributed by atoms with Crippen LogP contribution < -0.4 is 5.32 Å². The first-order valence-corrected chi connectivity index (χ1v) is 6.60. The molecule has 0 bridgehead atoms. The Morgan fingerprint density at radius 3 is 2.65 bits per heavy atom. The summed E-state index contributed by atoms with van der Waals surface area (Å²) in [5.74, 6) is -0.332. The molecule has 20 heavy (non-hydrogen) atoms. The maximum Gasteiger partial charge on any atom is 0.337 e. The van der Waals surface area contributed by atoms with Crippen molar-refractivity contribution < 1.29 is 9.53 Å². The molecule has 0 amide bonds. The van der Waals surface area contributed by atoms with E-state index in [9.17, 15) is 4.79 Å². The zero-order valence-corrected chi connectivity index (χ0v) is 12.0. The second kappa shape index (κ2) is 6.34. The molecule has 1 aromatic carbocycles. The van der Waals surface area contributed by atoms with Gasteiger partial charge in [-0.15, -0.1) is 0 Å². The Bertz CT molecular complexity index is 588. The van der Waals surface area contributed by atoms with E-state index in [2.05, 4.69) is 22.1 Å². The standard InChI is InChI=1S/C15H19N3O2/c1-4-16-9-13-10-18(17-11(13)2)14-7-5-12(6-8-14)15(19)20-3/h5-8,10,16H,4,9H2,1-3H3. The quantitative estimate of drug-likeness (QED) is 0.847. The highest BCUT2D eigenvalue weighted by molar-refractivity contribution is 5.89. The molecule has 0 radical (unpaired) electrons. The third-order valence-electron chi connectivity index (χ3n) is 3.12. The van der Waals surface area contributed by atoms with Gasteiger partial charge >= 0.3 is 5.97 Å². The van der Waals surface area contributed by atoms with Crippen LogP contribution in [0.4, 0.5) is 0 Å². The van der Waals surface area contributed by atoms with Crippen LogP contribution in [0.3, 0.4) is 0 Å². The van der Waals surface area contributed by atoms with E-state index in [0.29, 0.717) is 5.56 Å². The highest BCUT2D eigenvalue weighted by Crippen LogP contribution is 2.13. The minimum Gasteiger partial charge on any atom is -0.465 e. The molecule has 0 atom stereocenters. The number of benzene rings is 1. The zero-order valence-electron chi connectivity index (χ0n) is 12.0. The summed E-state index contributed by atoms with van der Waals surface area (Å²) < 4.78 is 6.50. The zero-order chi connectivity index (χ0) is 14.5. The van der Waals surface area contributed by atoms with Crippen molar-refractivity contribution in [3.8, 4) is 5.69 Å². The van der Waals surface area contributed by atoms with Gasteiger partial charge in [-0.3, -0.25) is 0 Å². The number of carbonyl (C=O) groups excluding carboxylic acids is 1. The second-order valence-electron chi connectivity index (χ2n) is 4.50. The van der Waals surface area contributed by atoms with Crippen molar-refractivity contribution in [2.45, 2.75) is 20.4 Å². The molecule has 2 rings (SSSR count). The van der Waals surface area contributed by atoms with E-state index in [4.69, 9.17) is 0 Å². The van der Waals surface area contributed by atoms with Crippen molar-refractivity contribution in [1.29, 1.82) is 0 Å². The van der Waals surface area contributed by atoms with Crippen LogP contribution in [0.25, 0.3) is 5.69 Å². The first-order valence-electron chi connectivity index (χ1n) is 6.60. The fourth-order valence-electron chi connectivity index (χ4n) is 1.93. The van der Waals surface area contributed by atoms with E-state index in [1.54, 1.807) is 12.1 Å². The van der Waals surface area contributed by atoms with Gasteiger partial charge in [-0.1, -0.05) is 6.92 Å². The van der Waals surface area contributed by atoms with E-state index < -0.39 is 0 Å². The normalized spacial score (nSPS) is 10.6. The van der Waals surface area contributed by atoms with Gasteiger partial charge in [0.25, 0.3) is 0 Å². The molecule has 1 N–H and O–H groups in total. The summed E-state index contributed by atoms with van der Waals surface area (Å²) in [5, 5.41) is 7.78. The van der Waals surface area contributed by atoms with Gasteiger partial charge in [0.1, 0.15) is 0 Å². The Labute approximate surface area is 118 Å². The summed E-state index contributed by atoms with van der Waals surface area (Å²) >= 11 is 0. The fourth-order valence-corrected chi connectivity index (χ4v) is 1.93. The lowest BCUT2D eigenvalue weighted by Crippen LogP contribution is -2.11. The average molecular weight is 273 g/mol. The third-order valence-corrected chi connectivity index (χ3v) is 3.12. The van der Waals surface area contributed by atoms with Crippen molar-refractivity contribution in [2.75, 3.05) is 13.7 Å². The van der Waals surface area contributed by atoms with Gasteiger partial charge in [-0.2, -0.15) is 5.10 Å². The molecule has 1 aromatic heterocycles. The molecule has 106 valence electrons. The predicted octanol–water partition coefficient (Wildman–Crippen LogP) is 2.08. The summed E-state index contributed by atoms with van der Waals surface area (Å²) in [6.07, 6.45) is 2.01. The van der Waals surface area contributed by atoms with Gasteiger partial charge in [0.15, 0.2) is 0 Å². The SMILES string of the molecule is CCNCc1cn(-c2ccc(C(=O)OC)cc2)nc1C. The summed E-state index contributed by atoms with van der Waals surface area (Å²) in [6.45, 7) is 5.80. The van der Waals surface area contributed by atoms with Gasteiger partial charge in [0, 0.05) is 18.3 Å². The molecule has 0 fully saturated rings. The van der Waals surface area contributed by atoms with E-state index >= 15 is 0 Å². The number of hydrogen-bond acceptors (Lipinski definition) is 4. The minimum absolute atomic E-state index is 0.332. The lowest BCUT2D eigenvalue weighted by Gasteiger charge is -2.03. The van der Waals surface area contributed by atoms with Crippen molar-refractivity contribution in [3.63, 3.8) is 0 Å². The predicted molar refractivity (Wildman–Crippen MR) is 77.0 cm³/mol. The van der Waals surface area contributed by atoms with Crippen LogP contribution in [0, 0.1) is 6.92 Å². The van der Waals surface area contributed by atoms with Crippen LogP contribution in [0.5, 0.6) is 0 Å². The Kier molecular flexibility index (Phi) is 4.53. The molecule has 1 heterocycles. The molecule has 0 saturated heterocycles. The molecule has 5 heteroatoms. The molecular formula is C15H19N3O2. The number of carbonyl (C=O) groups is 1. The Balaban J connectivity index is 2.21. The van der Waals surface area contributed by atoms with Crippen LogP contribution >= 0.6 is 0 Å². The molecule has 2 aromatic rings. The minimum atomic E-state index is -0.332. The number of nitrogens with zero attached hydrogens (tertiary/aromatic N) is 2. The van der Waals surface area contributed by atoms with Crippen LogP contribution in [0.1, 0.15) is 28.5 Å². The van der Waals surface area contributed by atoms with Crippen LogP contribution in [-0.4, -0.2) is 29.4 Å². The van der Waals surface area contributed by atoms with Gasteiger partial charge in [-0.25, -0.2) is 9.48 Å². The number of nitrogens with one attached hydrogen (secondary N) is 1. The van der Waals surface area contributed by atoms with Crippen LogP contribution in [0.15, 0.2) is 30.5 Å². The van der Waals surface area contributed by atoms with Crippen molar-refractivity contribution in [2.24, 2.45) is 0 Å². The number of esters is 1. The van der Waals surface area contributed by atoms with Gasteiger partial charge in [-0.05, 0) is 37.7 Å². The number of hydrogen-bond donors (Lipinski definition) is 1. The molecule has 0 spiro atoms. The second-order valence-corrected chi connectivity index (χ2v) is 4.50. The fraction of sp³-hybridized carbons (Fsp3) is 0.333. The molecule has 0 aliphatic heterocycles. The highest BCUT2D eigenvalue weighted by Gasteiger charge is 2.08. The van der Waals surface area contributed by atoms with E-state index in [0.717, 1.165) is 24.5 Å². The van der Waals surface area contributed by atoms with Crippen molar-refractivity contribution in [3.05, 3.63) is 47.3 Å². The summed E-state index contributed by atoms with van der Waals surface area (Å²) in [4.78, 5) is 11.4. The molecule has 0 saturated carbocycles. The lowest BCUT2D eigenvalue weighted by molar-refractivity contribution is 0.0601. The van der Waals surface area contributed by atoms with E-state index in [1.807, 2.05) is 29.9 Å². The van der Waals surface area contributed by atoms with Crippen LogP contribution in [-0.2, 0) is 11.3 Å². The lowest BCUT2D eigenvalue weighted by atomic mass is 10.2. The first-order chi connectivity index (χ1) is 9.65. The summed E-state index contributed by atoms with van der Waals surface area (Å²) in [5.41, 5.74) is 3.63. The number of aromatic nitrogens is 2. The Morgan fingerprint density at radius 2 is 2.05 bits per heavy atom. The largest absolute Gasteiger partial charge is 0.465 e. The van der Waals surface area contributed by atoms with E-state index in [1.165, 1.54) is 12.7 Å². The number of methoxy groups -OCH3 is 1. The van der Waals surface area contributed by atoms with Crippen LogP contribution in [0.2, 0.25) is 0 Å². The van der Waals surface area contributed by atoms with Gasteiger partial charge < -0.3 is 10.1 Å². The number of aryl methyl sites for hydroxylation is 1. The van der Waals surface area contributed by atoms with Gasteiger partial charge in [0.05, 0.1) is 24.1 Å². The topological polar surface area (TPSA) is 56.2 Å². The highest BCUT2D eigenvalue weighted by atomic mass is 16.5. The average Bonchev–Trinajstić information content (AvgIpc) is 2.85. The van der Waals surface area contributed by atoms with E-state index in [-0.39, 0.29) is 5.97 Å². The maximum atomic E-state index is 11.4. The first kappa shape index (κ1) is 14.3. The van der Waals surface area contributed by atoms with Crippen molar-refractivity contribution in [1.82, 2.24) is 15.1 Å². The Hall–Kier alpha value is -2.14. The maximum absolute atomic E-state index is 11.4. The third kappa shape index (κ3) is 3.05. The molecule has 5 nitrogen and oxygen atoms in total. The molecule has 0 unspecified atom stereocenters. The molecular weight excluding hydrogens is 254 g/mol. The Morgan fingerprint density at radius 1 is 1.35 bits per heavy atom. The smallest absolute Gasteiger partial charge is 0.337 e. The summed E-state index contributed by atoms with van der Waals surface area (Å²) in [6, 6.07) is 7.19. The van der Waals surface area contributed by atoms with Crippen molar-refractivity contribution >= 4 is 5.97 Å². The summed E-state index contributed by atoms with van der Waals surface area (Å²) in [7, 11) is 1.38. The van der Waals surface area contributed by atoms with Gasteiger partial charge in [0.2, 0.25) is 0 Å². The number of rotatable bonds is 5. The molecule has 0 aliphatic carbocycles. The monoisotopic (exact) mass is 273 g/mol. The molecule has 0 aliphatic rings.